The zero-order valence-electron chi connectivity index (χ0n) is 16.5. The molecule has 1 fully saturated rings. The Kier molecular flexibility index (Phi) is 5.35. The summed E-state index contributed by atoms with van der Waals surface area (Å²) in [6.07, 6.45) is 1.66. The fraction of sp³-hybridized carbons (Fsp3) is 0.286. The van der Waals surface area contributed by atoms with Crippen molar-refractivity contribution in [2.45, 2.75) is 34.2 Å². The van der Waals surface area contributed by atoms with Crippen molar-refractivity contribution >= 4 is 29.6 Å². The van der Waals surface area contributed by atoms with Gasteiger partial charge in [0, 0.05) is 23.6 Å². The van der Waals surface area contributed by atoms with Crippen LogP contribution in [-0.2, 0) is 16.1 Å². The van der Waals surface area contributed by atoms with Crippen LogP contribution >= 0.6 is 0 Å². The highest BCUT2D eigenvalue weighted by Crippen LogP contribution is 2.20. The fourth-order valence-corrected chi connectivity index (χ4v) is 3.31. The molecule has 0 aliphatic carbocycles. The molecule has 0 spiro atoms. The number of carbonyl (C=O) groups is 3. The third-order valence-electron chi connectivity index (χ3n) is 4.83. The highest BCUT2D eigenvalue weighted by molar-refractivity contribution is 6.16. The van der Waals surface area contributed by atoms with Gasteiger partial charge in [0.1, 0.15) is 12.2 Å². The average molecular weight is 380 g/mol. The Balaban J connectivity index is 1.73. The molecule has 4 amide bonds. The van der Waals surface area contributed by atoms with E-state index in [1.807, 2.05) is 45.9 Å². The lowest BCUT2D eigenvalue weighted by molar-refractivity contribution is -0.127. The molecule has 0 bridgehead atoms. The molecule has 7 nitrogen and oxygen atoms in total. The summed E-state index contributed by atoms with van der Waals surface area (Å²) in [5.74, 6) is -0.942. The number of hydrogen-bond donors (Lipinski definition) is 2. The Labute approximate surface area is 164 Å². The van der Waals surface area contributed by atoms with Gasteiger partial charge < -0.3 is 15.2 Å². The number of benzene rings is 1. The third kappa shape index (κ3) is 3.83. The molecule has 7 heteroatoms. The molecule has 0 saturated carbocycles. The fourth-order valence-electron chi connectivity index (χ4n) is 3.31. The summed E-state index contributed by atoms with van der Waals surface area (Å²) in [5.41, 5.74) is 4.83. The van der Waals surface area contributed by atoms with E-state index in [0.717, 1.165) is 34.0 Å². The van der Waals surface area contributed by atoms with Crippen molar-refractivity contribution in [1.82, 2.24) is 14.8 Å². The monoisotopic (exact) mass is 380 g/mol. The molecule has 1 aliphatic heterocycles. The molecule has 146 valence electrons. The van der Waals surface area contributed by atoms with Crippen LogP contribution in [-0.4, -0.2) is 33.9 Å². The zero-order chi connectivity index (χ0) is 20.4. The van der Waals surface area contributed by atoms with Crippen molar-refractivity contribution in [2.75, 3.05) is 11.9 Å². The molecule has 1 aromatic carbocycles. The molecule has 2 heterocycles. The summed E-state index contributed by atoms with van der Waals surface area (Å²) in [5, 5.41) is 5.26. The molecule has 1 aromatic heterocycles. The maximum atomic E-state index is 12.6. The standard InChI is InChI=1S/C21H24N4O3/c1-5-24-14(3)10-16(15(24)4)11-18-20(27)25(21(28)23-18)12-19(26)22-17-8-6-13(2)7-9-17/h6-11H,5,12H2,1-4H3,(H,22,26)(H,23,28)/b18-11+. The van der Waals surface area contributed by atoms with E-state index in [1.54, 1.807) is 18.2 Å². The second kappa shape index (κ2) is 7.72. The van der Waals surface area contributed by atoms with Gasteiger partial charge in [-0.25, -0.2) is 9.69 Å². The maximum Gasteiger partial charge on any atom is 0.329 e. The van der Waals surface area contributed by atoms with Gasteiger partial charge in [0.15, 0.2) is 0 Å². The highest BCUT2D eigenvalue weighted by atomic mass is 16.2. The lowest BCUT2D eigenvalue weighted by atomic mass is 10.2. The van der Waals surface area contributed by atoms with Crippen molar-refractivity contribution in [3.05, 3.63) is 58.5 Å². The van der Waals surface area contributed by atoms with E-state index < -0.39 is 17.8 Å². The Morgan fingerprint density at radius 2 is 1.82 bits per heavy atom. The first-order valence-electron chi connectivity index (χ1n) is 9.18. The first-order chi connectivity index (χ1) is 13.3. The number of amides is 4. The molecule has 0 atom stereocenters. The molecular weight excluding hydrogens is 356 g/mol. The van der Waals surface area contributed by atoms with Gasteiger partial charge in [0.25, 0.3) is 5.91 Å². The number of hydrogen-bond acceptors (Lipinski definition) is 3. The van der Waals surface area contributed by atoms with E-state index in [4.69, 9.17) is 0 Å². The van der Waals surface area contributed by atoms with Gasteiger partial charge in [-0.1, -0.05) is 17.7 Å². The minimum Gasteiger partial charge on any atom is -0.349 e. The average Bonchev–Trinajstić information content (AvgIpc) is 3.06. The number of anilines is 1. The SMILES string of the molecule is CCn1c(C)cc(/C=C2/NC(=O)N(CC(=O)Nc3ccc(C)cc3)C2=O)c1C. The van der Waals surface area contributed by atoms with Crippen molar-refractivity contribution in [2.24, 2.45) is 0 Å². The van der Waals surface area contributed by atoms with Crippen LogP contribution in [0.2, 0.25) is 0 Å². The van der Waals surface area contributed by atoms with E-state index in [1.165, 1.54) is 0 Å². The van der Waals surface area contributed by atoms with Gasteiger partial charge in [-0.3, -0.25) is 9.59 Å². The van der Waals surface area contributed by atoms with E-state index in [2.05, 4.69) is 15.2 Å². The smallest absolute Gasteiger partial charge is 0.329 e. The van der Waals surface area contributed by atoms with Crippen LogP contribution in [0.1, 0.15) is 29.4 Å². The Bertz CT molecular complexity index is 970. The van der Waals surface area contributed by atoms with Crippen LogP contribution < -0.4 is 10.6 Å². The number of carbonyl (C=O) groups excluding carboxylic acids is 3. The molecular formula is C21H24N4O3. The topological polar surface area (TPSA) is 83.4 Å². The van der Waals surface area contributed by atoms with E-state index in [9.17, 15) is 14.4 Å². The summed E-state index contributed by atoms with van der Waals surface area (Å²) in [6, 6.07) is 8.66. The van der Waals surface area contributed by atoms with Crippen molar-refractivity contribution in [3.63, 3.8) is 0 Å². The van der Waals surface area contributed by atoms with E-state index in [0.29, 0.717) is 5.69 Å². The Hall–Kier alpha value is -3.35. The van der Waals surface area contributed by atoms with Crippen molar-refractivity contribution in [3.8, 4) is 0 Å². The summed E-state index contributed by atoms with van der Waals surface area (Å²) < 4.78 is 2.13. The lowest BCUT2D eigenvalue weighted by Gasteiger charge is -2.12. The molecule has 1 saturated heterocycles. The summed E-state index contributed by atoms with van der Waals surface area (Å²) >= 11 is 0. The summed E-state index contributed by atoms with van der Waals surface area (Å²) in [4.78, 5) is 38.0. The second-order valence-corrected chi connectivity index (χ2v) is 6.86. The van der Waals surface area contributed by atoms with Crippen molar-refractivity contribution in [1.29, 1.82) is 0 Å². The summed E-state index contributed by atoms with van der Waals surface area (Å²) in [7, 11) is 0. The van der Waals surface area contributed by atoms with Gasteiger partial charge in [-0.05, 0) is 57.5 Å². The van der Waals surface area contributed by atoms with E-state index in [-0.39, 0.29) is 12.2 Å². The summed E-state index contributed by atoms with van der Waals surface area (Å²) in [6.45, 7) is 8.45. The van der Waals surface area contributed by atoms with Gasteiger partial charge in [-0.15, -0.1) is 0 Å². The Morgan fingerprint density at radius 1 is 1.14 bits per heavy atom. The van der Waals surface area contributed by atoms with Crippen LogP contribution in [0.3, 0.4) is 0 Å². The number of imide groups is 1. The van der Waals surface area contributed by atoms with Crippen LogP contribution in [0.25, 0.3) is 6.08 Å². The van der Waals surface area contributed by atoms with Crippen molar-refractivity contribution < 1.29 is 14.4 Å². The number of nitrogens with zero attached hydrogens (tertiary/aromatic N) is 2. The minimum atomic E-state index is -0.598. The van der Waals surface area contributed by atoms with E-state index >= 15 is 0 Å². The maximum absolute atomic E-state index is 12.6. The van der Waals surface area contributed by atoms with Gasteiger partial charge in [0.2, 0.25) is 5.91 Å². The zero-order valence-corrected chi connectivity index (χ0v) is 16.5. The Morgan fingerprint density at radius 3 is 2.43 bits per heavy atom. The number of nitrogens with one attached hydrogen (secondary N) is 2. The number of aryl methyl sites for hydroxylation is 2. The van der Waals surface area contributed by atoms with Crippen LogP contribution in [0, 0.1) is 20.8 Å². The van der Waals surface area contributed by atoms with Crippen LogP contribution in [0.5, 0.6) is 0 Å². The molecule has 0 radical (unpaired) electrons. The number of rotatable bonds is 5. The highest BCUT2D eigenvalue weighted by Gasteiger charge is 2.35. The predicted molar refractivity (Wildman–Crippen MR) is 108 cm³/mol. The molecule has 2 aromatic rings. The van der Waals surface area contributed by atoms with Crippen LogP contribution in [0.4, 0.5) is 10.5 Å². The third-order valence-corrected chi connectivity index (χ3v) is 4.83. The normalized spacial score (nSPS) is 15.3. The molecule has 2 N–H and O–H groups in total. The molecule has 28 heavy (non-hydrogen) atoms. The van der Waals surface area contributed by atoms with Gasteiger partial charge in [0.05, 0.1) is 0 Å². The first-order valence-corrected chi connectivity index (χ1v) is 9.18. The quantitative estimate of drug-likeness (QED) is 0.618. The molecule has 0 unspecified atom stereocenters. The van der Waals surface area contributed by atoms with Gasteiger partial charge in [-0.2, -0.15) is 0 Å². The predicted octanol–water partition coefficient (Wildman–Crippen LogP) is 2.96. The van der Waals surface area contributed by atoms with Gasteiger partial charge >= 0.3 is 6.03 Å². The number of urea groups is 1. The number of aromatic nitrogens is 1. The molecule has 1 aliphatic rings. The largest absolute Gasteiger partial charge is 0.349 e. The second-order valence-electron chi connectivity index (χ2n) is 6.86. The first kappa shape index (κ1) is 19.4. The minimum absolute atomic E-state index is 0.171. The van der Waals surface area contributed by atoms with Crippen LogP contribution in [0.15, 0.2) is 36.0 Å². The molecule has 3 rings (SSSR count). The lowest BCUT2D eigenvalue weighted by Crippen LogP contribution is -2.38.